The second-order valence-electron chi connectivity index (χ2n) is 5.98. The molecule has 0 radical (unpaired) electrons. The molecule has 124 valence electrons. The third-order valence-electron chi connectivity index (χ3n) is 4.73. The van der Waals surface area contributed by atoms with Crippen LogP contribution < -0.4 is 0 Å². The Kier molecular flexibility index (Phi) is 2.82. The molecule has 4 rings (SSSR count). The number of amides is 4. The zero-order valence-corrected chi connectivity index (χ0v) is 13.6. The Labute approximate surface area is 146 Å². The van der Waals surface area contributed by atoms with Crippen molar-refractivity contribution in [3.8, 4) is 6.07 Å². The molecule has 0 fully saturated rings. The van der Waals surface area contributed by atoms with E-state index in [0.717, 1.165) is 9.80 Å². The minimum Gasteiger partial charge on any atom is -0.279 e. The first kappa shape index (κ1) is 15.5. The van der Waals surface area contributed by atoms with Gasteiger partial charge in [-0.3, -0.25) is 29.0 Å². The van der Waals surface area contributed by atoms with Crippen LogP contribution in [0.5, 0.6) is 0 Å². The summed E-state index contributed by atoms with van der Waals surface area (Å²) in [7, 11) is 2.55. The van der Waals surface area contributed by atoms with Crippen LogP contribution in [0.1, 0.15) is 47.0 Å². The summed E-state index contributed by atoms with van der Waals surface area (Å²) in [6.07, 6.45) is 0. The third-order valence-corrected chi connectivity index (χ3v) is 4.73. The SMILES string of the molecule is [C-]#[N+]c1cc2c3c(cc(C#N)c4c3c1C(=O)N(C)C4=O)C(=O)N(C)C2=O. The van der Waals surface area contributed by atoms with Crippen LogP contribution in [0.3, 0.4) is 0 Å². The van der Waals surface area contributed by atoms with Crippen molar-refractivity contribution in [3.63, 3.8) is 0 Å². The summed E-state index contributed by atoms with van der Waals surface area (Å²) in [5, 5.41) is 9.65. The van der Waals surface area contributed by atoms with Gasteiger partial charge < -0.3 is 0 Å². The van der Waals surface area contributed by atoms with Gasteiger partial charge in [0.15, 0.2) is 0 Å². The quantitative estimate of drug-likeness (QED) is 0.535. The summed E-state index contributed by atoms with van der Waals surface area (Å²) in [4.78, 5) is 55.4. The number of carbonyl (C=O) groups excluding carboxylic acids is 4. The number of nitrogens with zero attached hydrogens (tertiary/aromatic N) is 4. The lowest BCUT2D eigenvalue weighted by molar-refractivity contribution is 0.0630. The third kappa shape index (κ3) is 1.55. The summed E-state index contributed by atoms with van der Waals surface area (Å²) >= 11 is 0. The van der Waals surface area contributed by atoms with Crippen LogP contribution in [0.25, 0.3) is 15.6 Å². The number of nitriles is 1. The lowest BCUT2D eigenvalue weighted by Crippen LogP contribution is -2.41. The molecule has 8 heteroatoms. The molecule has 2 aromatic rings. The van der Waals surface area contributed by atoms with Gasteiger partial charge in [0, 0.05) is 30.6 Å². The molecule has 0 N–H and O–H groups in total. The highest BCUT2D eigenvalue weighted by Crippen LogP contribution is 2.43. The van der Waals surface area contributed by atoms with Crippen LogP contribution in [0.15, 0.2) is 12.1 Å². The molecule has 2 aliphatic rings. The van der Waals surface area contributed by atoms with E-state index in [0.29, 0.717) is 0 Å². The van der Waals surface area contributed by atoms with Crippen LogP contribution in [-0.2, 0) is 0 Å². The van der Waals surface area contributed by atoms with Gasteiger partial charge in [-0.05, 0) is 17.5 Å². The van der Waals surface area contributed by atoms with Crippen molar-refractivity contribution in [1.82, 2.24) is 9.80 Å². The van der Waals surface area contributed by atoms with E-state index in [1.54, 1.807) is 0 Å². The van der Waals surface area contributed by atoms with E-state index in [9.17, 15) is 24.4 Å². The van der Waals surface area contributed by atoms with Crippen LogP contribution in [0.4, 0.5) is 5.69 Å². The standard InChI is InChI=1S/C18H8N4O4/c1-20-10-5-9-12-8(15(23)21(2)16(9)24)4-7(6-19)11-14(12)13(10)18(26)22(3)17(11)25/h4-5H,2-3H3. The normalized spacial score (nSPS) is 15.4. The largest absolute Gasteiger partial charge is 0.279 e. The van der Waals surface area contributed by atoms with Crippen LogP contribution >= 0.6 is 0 Å². The Bertz CT molecular complexity index is 1120. The van der Waals surface area contributed by atoms with Crippen molar-refractivity contribution in [2.24, 2.45) is 0 Å². The van der Waals surface area contributed by atoms with E-state index >= 15 is 0 Å². The van der Waals surface area contributed by atoms with Gasteiger partial charge in [-0.2, -0.15) is 5.26 Å². The Morgan fingerprint density at radius 3 is 2.00 bits per heavy atom. The molecular formula is C18H8N4O4. The van der Waals surface area contributed by atoms with Crippen molar-refractivity contribution < 1.29 is 19.2 Å². The molecule has 0 atom stereocenters. The van der Waals surface area contributed by atoms with Gasteiger partial charge in [0.1, 0.15) is 6.07 Å². The van der Waals surface area contributed by atoms with Crippen molar-refractivity contribution >= 4 is 40.1 Å². The molecule has 0 unspecified atom stereocenters. The minimum absolute atomic E-state index is 0.0328. The lowest BCUT2D eigenvalue weighted by Gasteiger charge is -2.30. The van der Waals surface area contributed by atoms with Crippen LogP contribution in [0.2, 0.25) is 0 Å². The molecule has 8 nitrogen and oxygen atoms in total. The topological polar surface area (TPSA) is 103 Å². The van der Waals surface area contributed by atoms with Crippen molar-refractivity contribution in [3.05, 3.63) is 51.4 Å². The van der Waals surface area contributed by atoms with Crippen molar-refractivity contribution in [2.45, 2.75) is 0 Å². The van der Waals surface area contributed by atoms with Gasteiger partial charge in [-0.25, -0.2) is 4.85 Å². The zero-order valence-electron chi connectivity index (χ0n) is 13.6. The molecule has 2 aliphatic heterocycles. The van der Waals surface area contributed by atoms with Crippen LogP contribution in [0, 0.1) is 17.9 Å². The highest BCUT2D eigenvalue weighted by molar-refractivity contribution is 6.35. The fraction of sp³-hybridized carbons (Fsp3) is 0.111. The fourth-order valence-electron chi connectivity index (χ4n) is 3.46. The van der Waals surface area contributed by atoms with Gasteiger partial charge in [0.25, 0.3) is 23.6 Å². The molecule has 4 amide bonds. The summed E-state index contributed by atoms with van der Waals surface area (Å²) in [5.41, 5.74) is -0.208. The van der Waals surface area contributed by atoms with E-state index in [-0.39, 0.29) is 44.3 Å². The molecule has 0 aliphatic carbocycles. The van der Waals surface area contributed by atoms with Gasteiger partial charge >= 0.3 is 0 Å². The molecule has 0 bridgehead atoms. The van der Waals surface area contributed by atoms with Gasteiger partial charge in [-0.15, -0.1) is 0 Å². The van der Waals surface area contributed by atoms with Gasteiger partial charge in [-0.1, -0.05) is 0 Å². The van der Waals surface area contributed by atoms with E-state index in [1.807, 2.05) is 6.07 Å². The first-order valence-corrected chi connectivity index (χ1v) is 7.43. The average Bonchev–Trinajstić information content (AvgIpc) is 2.65. The number of benzene rings is 2. The Morgan fingerprint density at radius 1 is 0.885 bits per heavy atom. The summed E-state index contributed by atoms with van der Waals surface area (Å²) in [6.45, 7) is 7.37. The molecule has 2 aromatic carbocycles. The average molecular weight is 344 g/mol. The molecule has 0 saturated carbocycles. The monoisotopic (exact) mass is 344 g/mol. The van der Waals surface area contributed by atoms with Crippen molar-refractivity contribution in [2.75, 3.05) is 14.1 Å². The Balaban J connectivity index is 2.38. The summed E-state index contributed by atoms with van der Waals surface area (Å²) < 4.78 is 0. The smallest absolute Gasteiger partial charge is 0.262 e. The first-order valence-electron chi connectivity index (χ1n) is 7.43. The number of carbonyl (C=O) groups is 4. The number of hydrogen-bond donors (Lipinski definition) is 0. The van der Waals surface area contributed by atoms with E-state index < -0.39 is 23.6 Å². The minimum atomic E-state index is -0.711. The van der Waals surface area contributed by atoms with Crippen LogP contribution in [-0.4, -0.2) is 47.5 Å². The maximum absolute atomic E-state index is 12.6. The molecule has 0 aromatic heterocycles. The van der Waals surface area contributed by atoms with E-state index in [4.69, 9.17) is 6.57 Å². The highest BCUT2D eigenvalue weighted by atomic mass is 16.2. The summed E-state index contributed by atoms with van der Waals surface area (Å²) in [5.74, 6) is -2.68. The van der Waals surface area contributed by atoms with E-state index in [1.165, 1.54) is 26.2 Å². The molecule has 2 heterocycles. The predicted molar refractivity (Wildman–Crippen MR) is 87.8 cm³/mol. The second kappa shape index (κ2) is 4.74. The molecular weight excluding hydrogens is 336 g/mol. The molecule has 26 heavy (non-hydrogen) atoms. The Hall–Kier alpha value is -4.04. The van der Waals surface area contributed by atoms with E-state index in [2.05, 4.69) is 4.85 Å². The first-order chi connectivity index (χ1) is 12.3. The zero-order chi connectivity index (χ0) is 18.9. The molecule has 0 spiro atoms. The Morgan fingerprint density at radius 2 is 1.42 bits per heavy atom. The fourth-order valence-corrected chi connectivity index (χ4v) is 3.46. The number of imide groups is 2. The number of rotatable bonds is 0. The highest BCUT2D eigenvalue weighted by Gasteiger charge is 2.40. The number of hydrogen-bond acceptors (Lipinski definition) is 5. The lowest BCUT2D eigenvalue weighted by atomic mass is 9.83. The predicted octanol–water partition coefficient (Wildman–Crippen LogP) is 1.71. The second-order valence-corrected chi connectivity index (χ2v) is 5.98. The van der Waals surface area contributed by atoms with Crippen molar-refractivity contribution in [1.29, 1.82) is 5.26 Å². The molecule has 0 saturated heterocycles. The van der Waals surface area contributed by atoms with Gasteiger partial charge in [0.2, 0.25) is 5.69 Å². The summed E-state index contributed by atoms with van der Waals surface area (Å²) in [6, 6.07) is 4.40. The maximum atomic E-state index is 12.6. The maximum Gasteiger partial charge on any atom is 0.262 e. The van der Waals surface area contributed by atoms with Gasteiger partial charge in [0.05, 0.1) is 23.3 Å².